The molecule has 2 nitrogen and oxygen atoms in total. The molecule has 0 aliphatic heterocycles. The van der Waals surface area contributed by atoms with E-state index < -0.39 is 0 Å². The van der Waals surface area contributed by atoms with Crippen molar-refractivity contribution in [2.75, 3.05) is 7.11 Å². The minimum atomic E-state index is -0.333. The number of hydrogen-bond acceptors (Lipinski definition) is 2. The monoisotopic (exact) mass is 406 g/mol. The summed E-state index contributed by atoms with van der Waals surface area (Å²) in [6.07, 6.45) is 0. The molecule has 31 heavy (non-hydrogen) atoms. The van der Waals surface area contributed by atoms with E-state index in [1.807, 2.05) is 54.6 Å². The number of carbonyl (C=O) groups is 1. The number of rotatable bonds is 4. The molecule has 0 N–H and O–H groups in total. The molecule has 0 atom stereocenters. The first kappa shape index (κ1) is 20.6. The summed E-state index contributed by atoms with van der Waals surface area (Å²) in [6, 6.07) is 28.8. The number of aryl methyl sites for hydroxylation is 3. The topological polar surface area (TPSA) is 26.3 Å². The lowest BCUT2D eigenvalue weighted by Gasteiger charge is -2.18. The fourth-order valence-electron chi connectivity index (χ4n) is 4.41. The van der Waals surface area contributed by atoms with Gasteiger partial charge in [0.15, 0.2) is 0 Å². The molecule has 0 aromatic heterocycles. The average molecular weight is 407 g/mol. The van der Waals surface area contributed by atoms with Crippen molar-refractivity contribution in [3.63, 3.8) is 0 Å². The van der Waals surface area contributed by atoms with Gasteiger partial charge in [-0.15, -0.1) is 0 Å². The van der Waals surface area contributed by atoms with E-state index in [9.17, 15) is 4.79 Å². The molecule has 2 heteroatoms. The van der Waals surface area contributed by atoms with Crippen molar-refractivity contribution in [2.24, 2.45) is 0 Å². The van der Waals surface area contributed by atoms with Crippen LogP contribution >= 0.6 is 0 Å². The van der Waals surface area contributed by atoms with E-state index in [0.717, 1.165) is 27.8 Å². The van der Waals surface area contributed by atoms with Gasteiger partial charge >= 0.3 is 5.97 Å². The highest BCUT2D eigenvalue weighted by Gasteiger charge is 2.19. The number of carbonyl (C=O) groups excluding carboxylic acids is 1. The molecular formula is C29H26O2. The number of esters is 1. The number of methoxy groups -OCH3 is 1. The third-order valence-corrected chi connectivity index (χ3v) is 5.70. The molecule has 0 aliphatic rings. The molecule has 0 bridgehead atoms. The van der Waals surface area contributed by atoms with Crippen LogP contribution in [0.2, 0.25) is 0 Å². The minimum absolute atomic E-state index is 0.333. The van der Waals surface area contributed by atoms with Gasteiger partial charge in [0, 0.05) is 0 Å². The molecule has 0 fully saturated rings. The lowest BCUT2D eigenvalue weighted by molar-refractivity contribution is 0.0601. The smallest absolute Gasteiger partial charge is 0.338 e. The second-order valence-electron chi connectivity index (χ2n) is 7.94. The van der Waals surface area contributed by atoms with Crippen molar-refractivity contribution < 1.29 is 9.53 Å². The van der Waals surface area contributed by atoms with Gasteiger partial charge in [-0.2, -0.15) is 0 Å². The first-order valence-electron chi connectivity index (χ1n) is 10.4. The molecule has 0 saturated carbocycles. The highest BCUT2D eigenvalue weighted by Crippen LogP contribution is 2.39. The molecule has 4 aromatic carbocycles. The zero-order valence-corrected chi connectivity index (χ0v) is 18.4. The molecule has 0 radical (unpaired) electrons. The Kier molecular flexibility index (Phi) is 5.73. The summed E-state index contributed by atoms with van der Waals surface area (Å²) >= 11 is 0. The summed E-state index contributed by atoms with van der Waals surface area (Å²) in [4.78, 5) is 12.8. The van der Waals surface area contributed by atoms with Crippen LogP contribution in [0.5, 0.6) is 0 Å². The van der Waals surface area contributed by atoms with Crippen LogP contribution in [0.4, 0.5) is 0 Å². The van der Waals surface area contributed by atoms with Crippen LogP contribution in [0.15, 0.2) is 84.9 Å². The summed E-state index contributed by atoms with van der Waals surface area (Å²) < 4.78 is 5.16. The van der Waals surface area contributed by atoms with E-state index in [1.54, 1.807) is 0 Å². The Balaban J connectivity index is 1.95. The number of hydrogen-bond donors (Lipinski definition) is 0. The molecule has 0 unspecified atom stereocenters. The standard InChI is InChI=1S/C29H26O2/c1-19-16-20(2)28(21(3)17-19)26-13-9-8-12-24(26)25-15-14-23(18-27(25)29(30)31-4)22-10-6-5-7-11-22/h5-18H,1-4H3. The van der Waals surface area contributed by atoms with Crippen LogP contribution in [0.1, 0.15) is 27.0 Å². The second kappa shape index (κ2) is 8.61. The van der Waals surface area contributed by atoms with Gasteiger partial charge in [0.05, 0.1) is 12.7 Å². The van der Waals surface area contributed by atoms with Gasteiger partial charge in [-0.3, -0.25) is 0 Å². The normalized spacial score (nSPS) is 10.7. The largest absolute Gasteiger partial charge is 0.465 e. The number of benzene rings is 4. The van der Waals surface area contributed by atoms with Crippen molar-refractivity contribution in [2.45, 2.75) is 20.8 Å². The van der Waals surface area contributed by atoms with Crippen molar-refractivity contribution >= 4 is 5.97 Å². The summed E-state index contributed by atoms with van der Waals surface area (Å²) in [5.74, 6) is -0.333. The van der Waals surface area contributed by atoms with Crippen LogP contribution < -0.4 is 0 Å². The van der Waals surface area contributed by atoms with E-state index in [2.05, 4.69) is 51.1 Å². The van der Waals surface area contributed by atoms with Crippen molar-refractivity contribution in [3.8, 4) is 33.4 Å². The molecule has 4 rings (SSSR count). The van der Waals surface area contributed by atoms with E-state index in [4.69, 9.17) is 4.74 Å². The van der Waals surface area contributed by atoms with Crippen LogP contribution in [-0.4, -0.2) is 13.1 Å². The van der Waals surface area contributed by atoms with E-state index in [0.29, 0.717) is 5.56 Å². The molecule has 4 aromatic rings. The zero-order valence-electron chi connectivity index (χ0n) is 18.4. The van der Waals surface area contributed by atoms with E-state index in [-0.39, 0.29) is 5.97 Å². The van der Waals surface area contributed by atoms with Gasteiger partial charge in [0.25, 0.3) is 0 Å². The maximum atomic E-state index is 12.8. The van der Waals surface area contributed by atoms with Crippen LogP contribution in [-0.2, 0) is 4.74 Å². The third kappa shape index (κ3) is 4.02. The minimum Gasteiger partial charge on any atom is -0.465 e. The average Bonchev–Trinajstić information content (AvgIpc) is 2.78. The van der Waals surface area contributed by atoms with Gasteiger partial charge in [-0.1, -0.05) is 84.4 Å². The van der Waals surface area contributed by atoms with Crippen molar-refractivity contribution in [1.29, 1.82) is 0 Å². The predicted octanol–water partition coefficient (Wildman–Crippen LogP) is 7.40. The van der Waals surface area contributed by atoms with Gasteiger partial charge in [-0.05, 0) is 71.3 Å². The molecule has 0 heterocycles. The first-order chi connectivity index (χ1) is 15.0. The quantitative estimate of drug-likeness (QED) is 0.330. The van der Waals surface area contributed by atoms with Crippen LogP contribution in [0, 0.1) is 20.8 Å². The summed E-state index contributed by atoms with van der Waals surface area (Å²) in [5, 5.41) is 0. The summed E-state index contributed by atoms with van der Waals surface area (Å²) in [7, 11) is 1.43. The number of ether oxygens (including phenoxy) is 1. The Morgan fingerprint density at radius 1 is 0.645 bits per heavy atom. The Labute approximate surface area is 184 Å². The van der Waals surface area contributed by atoms with Crippen molar-refractivity contribution in [3.05, 3.63) is 107 Å². The lowest BCUT2D eigenvalue weighted by atomic mass is 9.86. The lowest BCUT2D eigenvalue weighted by Crippen LogP contribution is -2.05. The van der Waals surface area contributed by atoms with Gasteiger partial charge in [0.2, 0.25) is 0 Å². The first-order valence-corrected chi connectivity index (χ1v) is 10.4. The maximum absolute atomic E-state index is 12.8. The maximum Gasteiger partial charge on any atom is 0.338 e. The molecule has 0 amide bonds. The fourth-order valence-corrected chi connectivity index (χ4v) is 4.41. The Morgan fingerprint density at radius 2 is 1.26 bits per heavy atom. The molecular weight excluding hydrogens is 380 g/mol. The Hall–Kier alpha value is -3.65. The highest BCUT2D eigenvalue weighted by molar-refractivity contribution is 6.01. The highest BCUT2D eigenvalue weighted by atomic mass is 16.5. The van der Waals surface area contributed by atoms with Gasteiger partial charge in [0.1, 0.15) is 0 Å². The predicted molar refractivity (Wildman–Crippen MR) is 128 cm³/mol. The Morgan fingerprint density at radius 3 is 1.90 bits per heavy atom. The van der Waals surface area contributed by atoms with Gasteiger partial charge < -0.3 is 4.74 Å². The van der Waals surface area contributed by atoms with E-state index >= 15 is 0 Å². The van der Waals surface area contributed by atoms with Gasteiger partial charge in [-0.25, -0.2) is 4.79 Å². The molecule has 0 aliphatic carbocycles. The molecule has 0 saturated heterocycles. The zero-order chi connectivity index (χ0) is 22.0. The molecule has 154 valence electrons. The summed E-state index contributed by atoms with van der Waals surface area (Å²) in [5.41, 5.74) is 10.6. The van der Waals surface area contributed by atoms with Crippen LogP contribution in [0.25, 0.3) is 33.4 Å². The van der Waals surface area contributed by atoms with Crippen molar-refractivity contribution in [1.82, 2.24) is 0 Å². The fraction of sp³-hybridized carbons (Fsp3) is 0.138. The third-order valence-electron chi connectivity index (χ3n) is 5.70. The molecule has 0 spiro atoms. The summed E-state index contributed by atoms with van der Waals surface area (Å²) in [6.45, 7) is 6.41. The van der Waals surface area contributed by atoms with Crippen LogP contribution in [0.3, 0.4) is 0 Å². The Bertz CT molecular complexity index is 1230. The SMILES string of the molecule is COC(=O)c1cc(-c2ccccc2)ccc1-c1ccccc1-c1c(C)cc(C)cc1C. The second-order valence-corrected chi connectivity index (χ2v) is 7.94. The van der Waals surface area contributed by atoms with E-state index in [1.165, 1.54) is 29.4 Å².